The van der Waals surface area contributed by atoms with E-state index in [4.69, 9.17) is 4.42 Å². The number of rotatable bonds is 6. The molecule has 1 atom stereocenters. The van der Waals surface area contributed by atoms with E-state index in [0.717, 1.165) is 31.8 Å². The number of fused-ring (bicyclic) bond motifs is 1. The van der Waals surface area contributed by atoms with E-state index in [1.54, 1.807) is 12.5 Å². The van der Waals surface area contributed by atoms with Crippen LogP contribution in [0.25, 0.3) is 0 Å². The molecule has 4 heterocycles. The van der Waals surface area contributed by atoms with E-state index in [9.17, 15) is 4.79 Å². The largest absolute Gasteiger partial charge is 0.468 e. The van der Waals surface area contributed by atoms with Crippen molar-refractivity contribution >= 4 is 5.91 Å². The van der Waals surface area contributed by atoms with Gasteiger partial charge in [0.15, 0.2) is 0 Å². The van der Waals surface area contributed by atoms with E-state index in [-0.39, 0.29) is 11.9 Å². The molecule has 0 radical (unpaired) electrons. The lowest BCUT2D eigenvalue weighted by atomic mass is 10.1. The van der Waals surface area contributed by atoms with Crippen molar-refractivity contribution < 1.29 is 9.21 Å². The van der Waals surface area contributed by atoms with Crippen molar-refractivity contribution in [2.24, 2.45) is 0 Å². The molecule has 3 aromatic heterocycles. The summed E-state index contributed by atoms with van der Waals surface area (Å²) in [4.78, 5) is 22.4. The van der Waals surface area contributed by atoms with E-state index in [1.165, 1.54) is 18.1 Å². The number of furan rings is 1. The van der Waals surface area contributed by atoms with Crippen molar-refractivity contribution in [3.8, 4) is 0 Å². The van der Waals surface area contributed by atoms with Crippen molar-refractivity contribution in [2.75, 3.05) is 13.1 Å². The van der Waals surface area contributed by atoms with Crippen LogP contribution in [0.15, 0.2) is 53.7 Å². The summed E-state index contributed by atoms with van der Waals surface area (Å²) in [5.41, 5.74) is 1.50. The van der Waals surface area contributed by atoms with Crippen LogP contribution in [0, 0.1) is 0 Å². The Balaban J connectivity index is 1.37. The van der Waals surface area contributed by atoms with Crippen molar-refractivity contribution in [1.82, 2.24) is 30.0 Å². The van der Waals surface area contributed by atoms with Crippen molar-refractivity contribution in [1.29, 1.82) is 0 Å². The maximum absolute atomic E-state index is 12.1. The van der Waals surface area contributed by atoms with Crippen LogP contribution in [-0.4, -0.2) is 43.6 Å². The lowest BCUT2D eigenvalue weighted by Gasteiger charge is -2.33. The van der Waals surface area contributed by atoms with E-state index in [2.05, 4.69) is 30.0 Å². The Morgan fingerprint density at radius 3 is 3.08 bits per heavy atom. The molecule has 0 saturated heterocycles. The number of hydrogen-bond donors (Lipinski definition) is 1. The van der Waals surface area contributed by atoms with Gasteiger partial charge < -0.3 is 9.73 Å². The highest BCUT2D eigenvalue weighted by molar-refractivity contribution is 5.91. The predicted octanol–water partition coefficient (Wildman–Crippen LogP) is 1.64. The number of aromatic nitrogens is 4. The first kappa shape index (κ1) is 16.5. The van der Waals surface area contributed by atoms with Crippen LogP contribution >= 0.6 is 0 Å². The molecule has 0 aliphatic carbocycles. The second-order valence-corrected chi connectivity index (χ2v) is 6.31. The predicted molar refractivity (Wildman–Crippen MR) is 93.1 cm³/mol. The van der Waals surface area contributed by atoms with Crippen LogP contribution in [0.4, 0.5) is 0 Å². The Hall–Kier alpha value is -3.00. The molecule has 4 rings (SSSR count). The number of nitrogens with zero attached hydrogens (tertiary/aromatic N) is 5. The molecule has 0 spiro atoms. The third-order valence-corrected chi connectivity index (χ3v) is 4.47. The second kappa shape index (κ2) is 7.49. The van der Waals surface area contributed by atoms with Crippen molar-refractivity contribution in [3.63, 3.8) is 0 Å². The Morgan fingerprint density at radius 1 is 1.31 bits per heavy atom. The standard InChI is InChI=1S/C18H20N6O2/c25-18(17-10-19-7-8-20-17)21-5-3-14-11-23(13-16-2-1-9-26-16)12-15-4-6-22-24(14)15/h1-2,4,6-10,14H,3,5,11-13H2,(H,21,25)/t14-/m1/s1. The molecule has 1 amide bonds. The second-order valence-electron chi connectivity index (χ2n) is 6.31. The Bertz CT molecular complexity index is 846. The maximum atomic E-state index is 12.1. The van der Waals surface area contributed by atoms with Gasteiger partial charge in [-0.2, -0.15) is 5.10 Å². The van der Waals surface area contributed by atoms with E-state index >= 15 is 0 Å². The minimum absolute atomic E-state index is 0.200. The average Bonchev–Trinajstić information content (AvgIpc) is 3.34. The Kier molecular flexibility index (Phi) is 4.74. The van der Waals surface area contributed by atoms with Gasteiger partial charge >= 0.3 is 0 Å². The molecule has 0 bridgehead atoms. The summed E-state index contributed by atoms with van der Waals surface area (Å²) in [5.74, 6) is 0.745. The quantitative estimate of drug-likeness (QED) is 0.725. The molecule has 1 aliphatic rings. The first-order valence-electron chi connectivity index (χ1n) is 8.61. The molecule has 1 aliphatic heterocycles. The summed E-state index contributed by atoms with van der Waals surface area (Å²) in [6.45, 7) is 3.01. The molecular formula is C18H20N6O2. The van der Waals surface area contributed by atoms with Gasteiger partial charge in [0.2, 0.25) is 0 Å². The lowest BCUT2D eigenvalue weighted by molar-refractivity contribution is 0.0941. The highest BCUT2D eigenvalue weighted by Gasteiger charge is 2.26. The smallest absolute Gasteiger partial charge is 0.271 e. The third kappa shape index (κ3) is 3.65. The molecule has 8 heteroatoms. The van der Waals surface area contributed by atoms with Crippen LogP contribution in [0.2, 0.25) is 0 Å². The molecule has 3 aromatic rings. The molecule has 0 saturated carbocycles. The number of carbonyl (C=O) groups excluding carboxylic acids is 1. The van der Waals surface area contributed by atoms with Gasteiger partial charge in [-0.05, 0) is 24.6 Å². The van der Waals surface area contributed by atoms with E-state index in [1.807, 2.05) is 24.4 Å². The van der Waals surface area contributed by atoms with Crippen LogP contribution in [0.1, 0.15) is 34.4 Å². The Labute approximate surface area is 150 Å². The SMILES string of the molecule is O=C(NCC[C@@H]1CN(Cc2ccco2)Cc2ccnn21)c1cnccn1. The van der Waals surface area contributed by atoms with Crippen LogP contribution in [-0.2, 0) is 13.1 Å². The molecular weight excluding hydrogens is 332 g/mol. The van der Waals surface area contributed by atoms with Crippen molar-refractivity contribution in [2.45, 2.75) is 25.6 Å². The molecule has 0 unspecified atom stereocenters. The Morgan fingerprint density at radius 2 is 2.27 bits per heavy atom. The zero-order valence-electron chi connectivity index (χ0n) is 14.3. The summed E-state index contributed by atoms with van der Waals surface area (Å²) in [6, 6.07) is 6.13. The summed E-state index contributed by atoms with van der Waals surface area (Å²) in [5, 5.41) is 7.37. The molecule has 134 valence electrons. The zero-order valence-corrected chi connectivity index (χ0v) is 14.3. The fourth-order valence-electron chi connectivity index (χ4n) is 3.28. The van der Waals surface area contributed by atoms with Gasteiger partial charge in [-0.25, -0.2) is 4.98 Å². The molecule has 26 heavy (non-hydrogen) atoms. The topological polar surface area (TPSA) is 89.1 Å². The van der Waals surface area contributed by atoms with Crippen LogP contribution in [0.3, 0.4) is 0 Å². The summed E-state index contributed by atoms with van der Waals surface area (Å²) in [7, 11) is 0. The fraction of sp³-hybridized carbons (Fsp3) is 0.333. The normalized spacial score (nSPS) is 17.0. The van der Waals surface area contributed by atoms with Gasteiger partial charge in [0.05, 0.1) is 30.7 Å². The van der Waals surface area contributed by atoms with Gasteiger partial charge in [-0.15, -0.1) is 0 Å². The highest BCUT2D eigenvalue weighted by Crippen LogP contribution is 2.24. The monoisotopic (exact) mass is 352 g/mol. The number of nitrogens with one attached hydrogen (secondary N) is 1. The van der Waals surface area contributed by atoms with Crippen molar-refractivity contribution in [3.05, 3.63) is 66.4 Å². The minimum atomic E-state index is -0.206. The van der Waals surface area contributed by atoms with Gasteiger partial charge in [0.25, 0.3) is 5.91 Å². The average molecular weight is 352 g/mol. The lowest BCUT2D eigenvalue weighted by Crippen LogP contribution is -2.39. The third-order valence-electron chi connectivity index (χ3n) is 4.47. The summed E-state index contributed by atoms with van der Waals surface area (Å²) in [6.07, 6.45) is 8.84. The number of hydrogen-bond acceptors (Lipinski definition) is 6. The molecule has 0 fully saturated rings. The van der Waals surface area contributed by atoms with E-state index < -0.39 is 0 Å². The molecule has 8 nitrogen and oxygen atoms in total. The van der Waals surface area contributed by atoms with E-state index in [0.29, 0.717) is 12.2 Å². The number of amides is 1. The molecule has 1 N–H and O–H groups in total. The number of carbonyl (C=O) groups is 1. The first-order chi connectivity index (χ1) is 12.8. The fourth-order valence-corrected chi connectivity index (χ4v) is 3.28. The van der Waals surface area contributed by atoms with Gasteiger partial charge in [0.1, 0.15) is 11.5 Å². The molecule has 0 aromatic carbocycles. The van der Waals surface area contributed by atoms with Gasteiger partial charge in [-0.3, -0.25) is 19.4 Å². The van der Waals surface area contributed by atoms with Gasteiger partial charge in [0, 0.05) is 38.2 Å². The van der Waals surface area contributed by atoms with Crippen LogP contribution in [0.5, 0.6) is 0 Å². The summed E-state index contributed by atoms with van der Waals surface area (Å²) >= 11 is 0. The maximum Gasteiger partial charge on any atom is 0.271 e. The van der Waals surface area contributed by atoms with Crippen LogP contribution < -0.4 is 5.32 Å². The minimum Gasteiger partial charge on any atom is -0.468 e. The van der Waals surface area contributed by atoms with Gasteiger partial charge in [-0.1, -0.05) is 0 Å². The first-order valence-corrected chi connectivity index (χ1v) is 8.61. The zero-order chi connectivity index (χ0) is 17.8. The highest BCUT2D eigenvalue weighted by atomic mass is 16.3. The summed E-state index contributed by atoms with van der Waals surface area (Å²) < 4.78 is 7.53.